The summed E-state index contributed by atoms with van der Waals surface area (Å²) in [5.74, 6) is 2.19. The number of ether oxygens (including phenoxy) is 4. The first-order valence-electron chi connectivity index (χ1n) is 10.7. The third kappa shape index (κ3) is 5.92. The number of carbonyl (C=O) groups is 1. The Labute approximate surface area is 206 Å². The third-order valence-electron chi connectivity index (χ3n) is 4.98. The first-order chi connectivity index (χ1) is 17.4. The van der Waals surface area contributed by atoms with Crippen LogP contribution in [0.3, 0.4) is 0 Å². The topological polar surface area (TPSA) is 122 Å². The van der Waals surface area contributed by atoms with E-state index in [2.05, 4.69) is 5.32 Å². The Balaban J connectivity index is 1.46. The van der Waals surface area contributed by atoms with Gasteiger partial charge in [-0.25, -0.2) is 0 Å². The molecule has 36 heavy (non-hydrogen) atoms. The van der Waals surface area contributed by atoms with Gasteiger partial charge in [-0.2, -0.15) is 0 Å². The van der Waals surface area contributed by atoms with Gasteiger partial charge in [-0.3, -0.25) is 14.9 Å². The van der Waals surface area contributed by atoms with E-state index in [1.165, 1.54) is 24.3 Å². The van der Waals surface area contributed by atoms with Crippen molar-refractivity contribution >= 4 is 17.3 Å². The number of nitro groups is 1. The molecule has 10 heteroatoms. The molecule has 1 N–H and O–H groups in total. The summed E-state index contributed by atoms with van der Waals surface area (Å²) in [6, 6.07) is 20.9. The number of carbonyl (C=O) groups excluding carboxylic acids is 1. The highest BCUT2D eigenvalue weighted by Gasteiger charge is 2.17. The van der Waals surface area contributed by atoms with E-state index in [1.54, 1.807) is 56.7 Å². The van der Waals surface area contributed by atoms with Crippen molar-refractivity contribution < 1.29 is 33.1 Å². The van der Waals surface area contributed by atoms with E-state index in [4.69, 9.17) is 23.4 Å². The van der Waals surface area contributed by atoms with Crippen LogP contribution in [0, 0.1) is 10.1 Å². The molecule has 1 heterocycles. The number of furan rings is 1. The summed E-state index contributed by atoms with van der Waals surface area (Å²) in [5.41, 5.74) is -0.0809. The number of methoxy groups -OCH3 is 2. The second-order valence-electron chi connectivity index (χ2n) is 7.41. The third-order valence-corrected chi connectivity index (χ3v) is 4.98. The zero-order valence-corrected chi connectivity index (χ0v) is 19.4. The van der Waals surface area contributed by atoms with E-state index < -0.39 is 10.8 Å². The fourth-order valence-corrected chi connectivity index (χ4v) is 3.26. The van der Waals surface area contributed by atoms with E-state index in [-0.39, 0.29) is 29.5 Å². The summed E-state index contributed by atoms with van der Waals surface area (Å²) >= 11 is 0. The predicted octanol–water partition coefficient (Wildman–Crippen LogP) is 5.83. The number of hydrogen-bond donors (Lipinski definition) is 1. The summed E-state index contributed by atoms with van der Waals surface area (Å²) in [5, 5.41) is 14.0. The van der Waals surface area contributed by atoms with Gasteiger partial charge in [0.15, 0.2) is 17.3 Å². The molecule has 1 amide bonds. The lowest BCUT2D eigenvalue weighted by molar-refractivity contribution is -0.384. The molecule has 0 spiro atoms. The molecule has 0 unspecified atom stereocenters. The molecule has 1 aromatic heterocycles. The normalized spacial score (nSPS) is 10.4. The number of rotatable bonds is 10. The maximum absolute atomic E-state index is 12.7. The van der Waals surface area contributed by atoms with Gasteiger partial charge in [0.25, 0.3) is 11.6 Å². The molecule has 0 saturated carbocycles. The molecule has 0 bridgehead atoms. The van der Waals surface area contributed by atoms with Crippen LogP contribution in [0.4, 0.5) is 11.4 Å². The van der Waals surface area contributed by atoms with Gasteiger partial charge in [-0.05, 0) is 48.5 Å². The average Bonchev–Trinajstić information content (AvgIpc) is 3.37. The number of nitrogens with zero attached hydrogens (tertiary/aromatic N) is 1. The molecule has 0 fully saturated rings. The Bertz CT molecular complexity index is 1360. The second-order valence-corrected chi connectivity index (χ2v) is 7.41. The first-order valence-corrected chi connectivity index (χ1v) is 10.7. The Morgan fingerprint density at radius 3 is 2.31 bits per heavy atom. The Morgan fingerprint density at radius 2 is 1.61 bits per heavy atom. The molecule has 0 radical (unpaired) electrons. The highest BCUT2D eigenvalue weighted by atomic mass is 16.6. The fraction of sp³-hybridized carbons (Fsp3) is 0.115. The highest BCUT2D eigenvalue weighted by Crippen LogP contribution is 2.31. The molecular formula is C26H22N2O8. The SMILES string of the molecule is COc1ccc(Oc2cc(NC(=O)c3ccc(COc4ccccc4OC)o3)cc([N+](=O)[O-])c2)cc1. The second kappa shape index (κ2) is 11.0. The smallest absolute Gasteiger partial charge is 0.291 e. The average molecular weight is 490 g/mol. The van der Waals surface area contributed by atoms with Crippen LogP contribution in [0.1, 0.15) is 16.3 Å². The van der Waals surface area contributed by atoms with Crippen LogP contribution in [0.2, 0.25) is 0 Å². The van der Waals surface area contributed by atoms with Gasteiger partial charge < -0.3 is 28.7 Å². The highest BCUT2D eigenvalue weighted by molar-refractivity contribution is 6.02. The lowest BCUT2D eigenvalue weighted by Gasteiger charge is -2.10. The van der Waals surface area contributed by atoms with Crippen molar-refractivity contribution in [1.29, 1.82) is 0 Å². The molecule has 184 valence electrons. The molecule has 10 nitrogen and oxygen atoms in total. The van der Waals surface area contributed by atoms with Gasteiger partial charge in [0, 0.05) is 12.1 Å². The molecule has 0 atom stereocenters. The monoisotopic (exact) mass is 490 g/mol. The van der Waals surface area contributed by atoms with Gasteiger partial charge in [0.2, 0.25) is 0 Å². The van der Waals surface area contributed by atoms with Crippen LogP contribution >= 0.6 is 0 Å². The van der Waals surface area contributed by atoms with Crippen molar-refractivity contribution in [3.63, 3.8) is 0 Å². The van der Waals surface area contributed by atoms with Gasteiger partial charge in [0.05, 0.1) is 30.9 Å². The van der Waals surface area contributed by atoms with Crippen molar-refractivity contribution in [2.75, 3.05) is 19.5 Å². The van der Waals surface area contributed by atoms with Crippen molar-refractivity contribution in [2.45, 2.75) is 6.61 Å². The van der Waals surface area contributed by atoms with Crippen molar-refractivity contribution in [3.8, 4) is 28.7 Å². The number of nitro benzene ring substituents is 1. The van der Waals surface area contributed by atoms with Gasteiger partial charge in [-0.1, -0.05) is 12.1 Å². The maximum Gasteiger partial charge on any atom is 0.291 e. The number of non-ortho nitro benzene ring substituents is 1. The van der Waals surface area contributed by atoms with Crippen LogP contribution < -0.4 is 24.3 Å². The van der Waals surface area contributed by atoms with Crippen LogP contribution in [-0.2, 0) is 6.61 Å². The van der Waals surface area contributed by atoms with E-state index in [0.717, 1.165) is 0 Å². The first kappa shape index (κ1) is 24.1. The molecule has 4 rings (SSSR count). The Kier molecular flexibility index (Phi) is 7.35. The Morgan fingerprint density at radius 1 is 0.889 bits per heavy atom. The van der Waals surface area contributed by atoms with E-state index in [0.29, 0.717) is 28.8 Å². The van der Waals surface area contributed by atoms with E-state index in [1.807, 2.05) is 12.1 Å². The number of nitrogens with one attached hydrogen (secondary N) is 1. The minimum absolute atomic E-state index is 0.0118. The van der Waals surface area contributed by atoms with E-state index >= 15 is 0 Å². The fourth-order valence-electron chi connectivity index (χ4n) is 3.26. The van der Waals surface area contributed by atoms with Crippen LogP contribution in [0.5, 0.6) is 28.7 Å². The summed E-state index contributed by atoms with van der Waals surface area (Å²) in [4.78, 5) is 23.6. The molecule has 0 saturated heterocycles. The zero-order valence-electron chi connectivity index (χ0n) is 19.4. The standard InChI is InChI=1S/C26H22N2O8/c1-32-19-7-9-20(10-8-19)35-22-14-17(13-18(15-22)28(30)31)27-26(29)25-12-11-21(36-25)16-34-24-6-4-3-5-23(24)33-2/h3-15H,16H2,1-2H3,(H,27,29). The molecule has 0 aliphatic rings. The van der Waals surface area contributed by atoms with Gasteiger partial charge in [0.1, 0.15) is 29.6 Å². The molecule has 4 aromatic rings. The molecule has 0 aliphatic heterocycles. The minimum Gasteiger partial charge on any atom is -0.497 e. The Hall–Kier alpha value is -4.99. The predicted molar refractivity (Wildman–Crippen MR) is 130 cm³/mol. The van der Waals surface area contributed by atoms with Crippen molar-refractivity contribution in [3.05, 3.63) is 100 Å². The number of hydrogen-bond acceptors (Lipinski definition) is 8. The van der Waals surface area contributed by atoms with E-state index in [9.17, 15) is 14.9 Å². The van der Waals surface area contributed by atoms with Crippen LogP contribution in [0.25, 0.3) is 0 Å². The quantitative estimate of drug-likeness (QED) is 0.218. The van der Waals surface area contributed by atoms with Crippen LogP contribution in [-0.4, -0.2) is 25.1 Å². The number of amides is 1. The summed E-state index contributed by atoms with van der Waals surface area (Å²) in [6.45, 7) is 0.0737. The summed E-state index contributed by atoms with van der Waals surface area (Å²) in [7, 11) is 3.08. The van der Waals surface area contributed by atoms with Gasteiger partial charge >= 0.3 is 0 Å². The maximum atomic E-state index is 12.7. The lowest BCUT2D eigenvalue weighted by Crippen LogP contribution is -2.11. The molecule has 0 aliphatic carbocycles. The number of benzene rings is 3. The minimum atomic E-state index is -0.588. The zero-order chi connectivity index (χ0) is 25.5. The van der Waals surface area contributed by atoms with Gasteiger partial charge in [-0.15, -0.1) is 0 Å². The molecular weight excluding hydrogens is 468 g/mol. The number of para-hydroxylation sites is 2. The van der Waals surface area contributed by atoms with Crippen molar-refractivity contribution in [2.24, 2.45) is 0 Å². The summed E-state index contributed by atoms with van der Waals surface area (Å²) < 4.78 is 27.4. The van der Waals surface area contributed by atoms with Crippen molar-refractivity contribution in [1.82, 2.24) is 0 Å². The molecule has 3 aromatic carbocycles. The van der Waals surface area contributed by atoms with Crippen LogP contribution in [0.15, 0.2) is 83.3 Å². The lowest BCUT2D eigenvalue weighted by atomic mass is 10.2. The largest absolute Gasteiger partial charge is 0.497 e. The summed E-state index contributed by atoms with van der Waals surface area (Å²) in [6.07, 6.45) is 0. The number of anilines is 1.